The summed E-state index contributed by atoms with van der Waals surface area (Å²) < 4.78 is 32.1. The fourth-order valence-electron chi connectivity index (χ4n) is 3.27. The van der Waals surface area contributed by atoms with Crippen LogP contribution in [-0.4, -0.2) is 30.4 Å². The monoisotopic (exact) mass is 388 g/mol. The fourth-order valence-corrected chi connectivity index (χ4v) is 3.27. The summed E-state index contributed by atoms with van der Waals surface area (Å²) in [6, 6.07) is 8.65. The van der Waals surface area contributed by atoms with Gasteiger partial charge in [0.05, 0.1) is 25.9 Å². The van der Waals surface area contributed by atoms with E-state index in [1.54, 1.807) is 31.2 Å². The van der Waals surface area contributed by atoms with E-state index in [2.05, 4.69) is 0 Å². The number of halogens is 1. The van der Waals surface area contributed by atoms with Crippen LogP contribution in [0.3, 0.4) is 0 Å². The Balaban J connectivity index is 2.04. The van der Waals surface area contributed by atoms with Gasteiger partial charge in [-0.25, -0.2) is 9.18 Å². The van der Waals surface area contributed by atoms with E-state index in [4.69, 9.17) is 14.2 Å². The van der Waals surface area contributed by atoms with Crippen LogP contribution >= 0.6 is 0 Å². The van der Waals surface area contributed by atoms with E-state index >= 15 is 4.39 Å². The summed E-state index contributed by atoms with van der Waals surface area (Å²) in [6.07, 6.45) is 1.50. The summed E-state index contributed by atoms with van der Waals surface area (Å²) in [5.74, 6) is -0.443. The van der Waals surface area contributed by atoms with Gasteiger partial charge in [-0.1, -0.05) is 31.5 Å². The highest BCUT2D eigenvalue weighted by molar-refractivity contribution is 5.96. The molecule has 1 heterocycles. The van der Waals surface area contributed by atoms with E-state index in [-0.39, 0.29) is 30.8 Å². The molecule has 0 aliphatic carbocycles. The second-order valence-corrected chi connectivity index (χ2v) is 6.82. The molecule has 0 aromatic heterocycles. The summed E-state index contributed by atoms with van der Waals surface area (Å²) in [5.41, 5.74) is 1.22. The van der Waals surface area contributed by atoms with Crippen molar-refractivity contribution in [1.82, 2.24) is 0 Å². The van der Waals surface area contributed by atoms with Gasteiger partial charge in [0.25, 0.3) is 0 Å². The zero-order chi connectivity index (χ0) is 20.1. The maximum absolute atomic E-state index is 15.1. The first kappa shape index (κ1) is 20.3. The number of benzene rings is 2. The van der Waals surface area contributed by atoms with Crippen molar-refractivity contribution in [2.45, 2.75) is 45.8 Å². The maximum Gasteiger partial charge on any atom is 0.347 e. The average Bonchev–Trinajstić information content (AvgIpc) is 2.72. The lowest BCUT2D eigenvalue weighted by Gasteiger charge is -2.28. The first-order chi connectivity index (χ1) is 13.6. The third-order valence-corrected chi connectivity index (χ3v) is 4.84. The topological polar surface area (TPSA) is 65.0 Å². The Hall–Kier alpha value is -2.44. The number of fused-ring (bicyclic) bond motifs is 1. The first-order valence-electron chi connectivity index (χ1n) is 9.53. The fraction of sp³-hybridized carbons (Fsp3) is 0.409. The summed E-state index contributed by atoms with van der Waals surface area (Å²) in [7, 11) is 0. The number of aliphatic hydroxyl groups excluding tert-OH is 1. The van der Waals surface area contributed by atoms with E-state index < -0.39 is 17.9 Å². The molecule has 1 unspecified atom stereocenters. The minimum Gasteiger partial charge on any atom is -0.492 e. The zero-order valence-electron chi connectivity index (χ0n) is 16.2. The Labute approximate surface area is 164 Å². The number of aliphatic hydroxyl groups is 1. The Morgan fingerprint density at radius 3 is 2.71 bits per heavy atom. The number of esters is 1. The van der Waals surface area contributed by atoms with Gasteiger partial charge in [-0.05, 0) is 25.5 Å². The average molecular weight is 388 g/mol. The Morgan fingerprint density at radius 2 is 2.04 bits per heavy atom. The number of ether oxygens (including phenoxy) is 3. The maximum atomic E-state index is 15.1. The molecule has 0 fully saturated rings. The van der Waals surface area contributed by atoms with Crippen LogP contribution in [0.4, 0.5) is 4.39 Å². The highest BCUT2D eigenvalue weighted by atomic mass is 19.1. The lowest BCUT2D eigenvalue weighted by Crippen LogP contribution is -2.29. The molecule has 0 saturated carbocycles. The molecule has 0 amide bonds. The molecule has 6 heteroatoms. The van der Waals surface area contributed by atoms with Crippen molar-refractivity contribution in [3.05, 3.63) is 58.4 Å². The number of carbonyl (C=O) groups excluding carboxylic acids is 1. The summed E-state index contributed by atoms with van der Waals surface area (Å²) in [4.78, 5) is 12.9. The van der Waals surface area contributed by atoms with Crippen molar-refractivity contribution in [2.24, 2.45) is 0 Å². The highest BCUT2D eigenvalue weighted by Gasteiger charge is 2.32. The van der Waals surface area contributed by atoms with Crippen molar-refractivity contribution in [3.63, 3.8) is 0 Å². The van der Waals surface area contributed by atoms with Crippen molar-refractivity contribution >= 4 is 5.97 Å². The third-order valence-electron chi connectivity index (χ3n) is 4.84. The van der Waals surface area contributed by atoms with Gasteiger partial charge in [0.2, 0.25) is 0 Å². The molecule has 150 valence electrons. The predicted molar refractivity (Wildman–Crippen MR) is 102 cm³/mol. The Kier molecular flexibility index (Phi) is 6.65. The molecular weight excluding hydrogens is 363 g/mol. The Morgan fingerprint density at radius 1 is 1.29 bits per heavy atom. The van der Waals surface area contributed by atoms with Crippen molar-refractivity contribution in [1.29, 1.82) is 0 Å². The number of hydrogen-bond donors (Lipinski definition) is 1. The minimum absolute atomic E-state index is 0.0742. The smallest absolute Gasteiger partial charge is 0.347 e. The van der Waals surface area contributed by atoms with E-state index in [1.165, 1.54) is 0 Å². The molecule has 0 bridgehead atoms. The van der Waals surface area contributed by atoms with Crippen LogP contribution in [0.1, 0.15) is 46.8 Å². The number of hydrogen-bond acceptors (Lipinski definition) is 5. The van der Waals surface area contributed by atoms with Crippen molar-refractivity contribution < 1.29 is 28.5 Å². The highest BCUT2D eigenvalue weighted by Crippen LogP contribution is 2.38. The minimum atomic E-state index is -0.666. The molecule has 0 radical (unpaired) electrons. The molecule has 2 aromatic rings. The molecule has 3 rings (SSSR count). The van der Waals surface area contributed by atoms with Crippen LogP contribution in [0.15, 0.2) is 30.3 Å². The van der Waals surface area contributed by atoms with Crippen LogP contribution in [-0.2, 0) is 17.8 Å². The molecule has 1 atom stereocenters. The third kappa shape index (κ3) is 4.18. The lowest BCUT2D eigenvalue weighted by atomic mass is 9.91. The van der Waals surface area contributed by atoms with Gasteiger partial charge >= 0.3 is 5.97 Å². The molecule has 0 saturated heterocycles. The molecular formula is C22H25FO5. The number of rotatable bonds is 7. The van der Waals surface area contributed by atoms with Crippen LogP contribution in [0.5, 0.6) is 11.5 Å². The standard InChI is InChI=1S/C22H25FO5/c1-3-4-10-26-21-18-13-27-16(12-24)11-17(18)20(23)14(2)19(21)22(25)28-15-8-6-5-7-9-15/h5-9,16,24H,3-4,10-13H2,1-2H3. The molecule has 5 nitrogen and oxygen atoms in total. The summed E-state index contributed by atoms with van der Waals surface area (Å²) in [5, 5.41) is 9.37. The molecule has 0 spiro atoms. The van der Waals surface area contributed by atoms with Crippen LogP contribution in [0, 0.1) is 12.7 Å². The van der Waals surface area contributed by atoms with Gasteiger partial charge in [0.1, 0.15) is 22.9 Å². The van der Waals surface area contributed by atoms with Gasteiger partial charge in [-0.2, -0.15) is 0 Å². The van der Waals surface area contributed by atoms with Gasteiger partial charge in [0.15, 0.2) is 0 Å². The van der Waals surface area contributed by atoms with Crippen LogP contribution < -0.4 is 9.47 Å². The van der Waals surface area contributed by atoms with Gasteiger partial charge in [-0.15, -0.1) is 0 Å². The van der Waals surface area contributed by atoms with Crippen LogP contribution in [0.25, 0.3) is 0 Å². The van der Waals surface area contributed by atoms with Crippen molar-refractivity contribution in [3.8, 4) is 11.5 Å². The second-order valence-electron chi connectivity index (χ2n) is 6.82. The number of unbranched alkanes of at least 4 members (excludes halogenated alkanes) is 1. The summed E-state index contributed by atoms with van der Waals surface area (Å²) in [6.45, 7) is 3.87. The Bertz CT molecular complexity index is 835. The second kappa shape index (κ2) is 9.17. The lowest BCUT2D eigenvalue weighted by molar-refractivity contribution is -0.00921. The van der Waals surface area contributed by atoms with E-state index in [9.17, 15) is 9.90 Å². The van der Waals surface area contributed by atoms with E-state index in [0.29, 0.717) is 29.2 Å². The molecule has 28 heavy (non-hydrogen) atoms. The first-order valence-corrected chi connectivity index (χ1v) is 9.53. The van der Waals surface area contributed by atoms with Gasteiger partial charge in [0, 0.05) is 23.1 Å². The van der Waals surface area contributed by atoms with Crippen molar-refractivity contribution in [2.75, 3.05) is 13.2 Å². The van der Waals surface area contributed by atoms with E-state index in [1.807, 2.05) is 13.0 Å². The normalized spacial score (nSPS) is 15.8. The van der Waals surface area contributed by atoms with Crippen LogP contribution in [0.2, 0.25) is 0 Å². The molecule has 1 N–H and O–H groups in total. The largest absolute Gasteiger partial charge is 0.492 e. The zero-order valence-corrected chi connectivity index (χ0v) is 16.2. The van der Waals surface area contributed by atoms with E-state index in [0.717, 1.165) is 12.8 Å². The molecule has 2 aromatic carbocycles. The summed E-state index contributed by atoms with van der Waals surface area (Å²) >= 11 is 0. The van der Waals surface area contributed by atoms with Gasteiger partial charge < -0.3 is 19.3 Å². The molecule has 1 aliphatic rings. The number of carbonyl (C=O) groups is 1. The number of para-hydroxylation sites is 1. The molecule has 1 aliphatic heterocycles. The predicted octanol–water partition coefficient (Wildman–Crippen LogP) is 3.97. The quantitative estimate of drug-likeness (QED) is 0.442. The van der Waals surface area contributed by atoms with Gasteiger partial charge in [-0.3, -0.25) is 0 Å². The SMILES string of the molecule is CCCCOc1c2c(c(F)c(C)c1C(=O)Oc1ccccc1)CC(CO)OC2.